The van der Waals surface area contributed by atoms with Gasteiger partial charge in [0.05, 0.1) is 0 Å². The van der Waals surface area contributed by atoms with Gasteiger partial charge in [0.2, 0.25) is 0 Å². The first-order valence-electron chi connectivity index (χ1n) is 9.72. The van der Waals surface area contributed by atoms with Gasteiger partial charge in [-0.1, -0.05) is 12.1 Å². The van der Waals surface area contributed by atoms with Crippen molar-refractivity contribution in [1.29, 1.82) is 0 Å². The largest absolute Gasteiger partial charge is 0.508 e. The lowest BCUT2D eigenvalue weighted by Crippen LogP contribution is -2.08. The van der Waals surface area contributed by atoms with Crippen LogP contribution in [0.25, 0.3) is 22.0 Å². The van der Waals surface area contributed by atoms with Crippen molar-refractivity contribution in [2.45, 2.75) is 32.7 Å². The first kappa shape index (κ1) is 16.9. The molecule has 0 saturated heterocycles. The number of benzene rings is 2. The molecule has 2 N–H and O–H groups in total. The lowest BCUT2D eigenvalue weighted by Gasteiger charge is -2.10. The molecule has 1 aliphatic carbocycles. The molecule has 5 rings (SSSR count). The SMILES string of the molecule is Cc1c(-c2ccc[nH]c2=O)c2cc3c(cc2n1Cc1ccc(O)cc1)CCC3. The fourth-order valence-electron chi connectivity index (χ4n) is 4.49. The van der Waals surface area contributed by atoms with Gasteiger partial charge in [-0.2, -0.15) is 0 Å². The fourth-order valence-corrected chi connectivity index (χ4v) is 4.49. The molecule has 0 radical (unpaired) electrons. The molecule has 2 heterocycles. The number of rotatable bonds is 3. The van der Waals surface area contributed by atoms with E-state index in [0.717, 1.165) is 35.0 Å². The summed E-state index contributed by atoms with van der Waals surface area (Å²) in [5, 5.41) is 10.7. The Morgan fingerprint density at radius 3 is 2.57 bits per heavy atom. The quantitative estimate of drug-likeness (QED) is 0.556. The molecule has 0 spiro atoms. The molecule has 0 unspecified atom stereocenters. The normalized spacial score (nSPS) is 13.2. The third-order valence-electron chi connectivity index (χ3n) is 5.90. The maximum atomic E-state index is 12.6. The zero-order chi connectivity index (χ0) is 19.3. The van der Waals surface area contributed by atoms with Crippen molar-refractivity contribution >= 4 is 10.9 Å². The summed E-state index contributed by atoms with van der Waals surface area (Å²) < 4.78 is 2.29. The second-order valence-electron chi connectivity index (χ2n) is 7.62. The molecule has 0 amide bonds. The van der Waals surface area contributed by atoms with Crippen LogP contribution in [0.4, 0.5) is 0 Å². The van der Waals surface area contributed by atoms with Gasteiger partial charge in [0.25, 0.3) is 5.56 Å². The van der Waals surface area contributed by atoms with Gasteiger partial charge in [-0.25, -0.2) is 0 Å². The topological polar surface area (TPSA) is 58.0 Å². The van der Waals surface area contributed by atoms with E-state index in [2.05, 4.69) is 28.6 Å². The van der Waals surface area contributed by atoms with Crippen molar-refractivity contribution in [3.05, 3.63) is 87.5 Å². The first-order valence-corrected chi connectivity index (χ1v) is 9.72. The third kappa shape index (κ3) is 2.64. The second kappa shape index (κ2) is 6.41. The highest BCUT2D eigenvalue weighted by atomic mass is 16.3. The second-order valence-corrected chi connectivity index (χ2v) is 7.62. The molecule has 4 heteroatoms. The predicted octanol–water partition coefficient (Wildman–Crippen LogP) is 4.55. The van der Waals surface area contributed by atoms with Crippen molar-refractivity contribution in [2.24, 2.45) is 0 Å². The molecule has 4 aromatic rings. The van der Waals surface area contributed by atoms with E-state index < -0.39 is 0 Å². The number of aromatic nitrogens is 2. The summed E-state index contributed by atoms with van der Waals surface area (Å²) >= 11 is 0. The monoisotopic (exact) mass is 370 g/mol. The van der Waals surface area contributed by atoms with Crippen LogP contribution >= 0.6 is 0 Å². The van der Waals surface area contributed by atoms with E-state index in [1.165, 1.54) is 23.1 Å². The highest BCUT2D eigenvalue weighted by molar-refractivity contribution is 5.99. The van der Waals surface area contributed by atoms with Crippen LogP contribution in [0.15, 0.2) is 59.5 Å². The smallest absolute Gasteiger partial charge is 0.255 e. The number of fused-ring (bicyclic) bond motifs is 2. The van der Waals surface area contributed by atoms with E-state index >= 15 is 0 Å². The summed E-state index contributed by atoms with van der Waals surface area (Å²) in [6.45, 7) is 2.79. The van der Waals surface area contributed by atoms with Crippen LogP contribution in [0.5, 0.6) is 5.75 Å². The molecule has 0 saturated carbocycles. The number of H-pyrrole nitrogens is 1. The number of aromatic amines is 1. The van der Waals surface area contributed by atoms with E-state index in [1.807, 2.05) is 24.3 Å². The summed E-state index contributed by atoms with van der Waals surface area (Å²) in [5.41, 5.74) is 7.88. The number of hydrogen-bond acceptors (Lipinski definition) is 2. The molecule has 1 aliphatic rings. The third-order valence-corrected chi connectivity index (χ3v) is 5.90. The lowest BCUT2D eigenvalue weighted by atomic mass is 10.0. The maximum absolute atomic E-state index is 12.6. The van der Waals surface area contributed by atoms with Crippen LogP contribution in [0, 0.1) is 6.92 Å². The standard InChI is InChI=1S/C24H22N2O2/c1-15-23(20-6-3-11-25-24(20)28)21-12-17-4-2-5-18(17)13-22(21)26(15)14-16-7-9-19(27)10-8-16/h3,6-13,27H,2,4-5,14H2,1H3,(H,25,28). The number of phenolic OH excluding ortho intramolecular Hbond substituents is 1. The number of nitrogens with one attached hydrogen (secondary N) is 1. The summed E-state index contributed by atoms with van der Waals surface area (Å²) in [4.78, 5) is 15.4. The zero-order valence-corrected chi connectivity index (χ0v) is 15.8. The van der Waals surface area contributed by atoms with E-state index in [0.29, 0.717) is 12.1 Å². The minimum atomic E-state index is -0.0604. The Balaban J connectivity index is 1.78. The Bertz CT molecular complexity index is 1250. The van der Waals surface area contributed by atoms with Crippen LogP contribution in [0.1, 0.15) is 28.8 Å². The molecular weight excluding hydrogens is 348 g/mol. The van der Waals surface area contributed by atoms with Crippen LogP contribution < -0.4 is 5.56 Å². The van der Waals surface area contributed by atoms with Crippen molar-refractivity contribution in [1.82, 2.24) is 9.55 Å². The van der Waals surface area contributed by atoms with Crippen LogP contribution in [-0.4, -0.2) is 14.7 Å². The minimum Gasteiger partial charge on any atom is -0.508 e. The van der Waals surface area contributed by atoms with Gasteiger partial charge in [0.1, 0.15) is 5.75 Å². The van der Waals surface area contributed by atoms with Crippen molar-refractivity contribution < 1.29 is 5.11 Å². The van der Waals surface area contributed by atoms with E-state index in [1.54, 1.807) is 18.3 Å². The van der Waals surface area contributed by atoms with Gasteiger partial charge in [0, 0.05) is 40.5 Å². The lowest BCUT2D eigenvalue weighted by molar-refractivity contribution is 0.475. The highest BCUT2D eigenvalue weighted by Gasteiger charge is 2.21. The van der Waals surface area contributed by atoms with Gasteiger partial charge in [-0.15, -0.1) is 0 Å². The molecule has 28 heavy (non-hydrogen) atoms. The zero-order valence-electron chi connectivity index (χ0n) is 15.8. The Labute approximate surface area is 163 Å². The van der Waals surface area contributed by atoms with E-state index in [-0.39, 0.29) is 11.3 Å². The molecule has 140 valence electrons. The summed E-state index contributed by atoms with van der Waals surface area (Å²) in [7, 11) is 0. The maximum Gasteiger partial charge on any atom is 0.255 e. The van der Waals surface area contributed by atoms with Gasteiger partial charge in [0.15, 0.2) is 0 Å². The van der Waals surface area contributed by atoms with Crippen molar-refractivity contribution in [3.63, 3.8) is 0 Å². The van der Waals surface area contributed by atoms with Crippen LogP contribution in [0.2, 0.25) is 0 Å². The molecule has 2 aromatic carbocycles. The van der Waals surface area contributed by atoms with Gasteiger partial charge in [-0.3, -0.25) is 4.79 Å². The Morgan fingerprint density at radius 1 is 1.07 bits per heavy atom. The Hall–Kier alpha value is -3.27. The Kier molecular flexibility index (Phi) is 3.86. The number of nitrogens with zero attached hydrogens (tertiary/aromatic N) is 1. The molecule has 2 aromatic heterocycles. The number of aromatic hydroxyl groups is 1. The molecule has 4 nitrogen and oxygen atoms in total. The average Bonchev–Trinajstić information content (AvgIpc) is 3.25. The van der Waals surface area contributed by atoms with Crippen molar-refractivity contribution in [2.75, 3.05) is 0 Å². The van der Waals surface area contributed by atoms with E-state index in [9.17, 15) is 9.90 Å². The molecule has 0 aliphatic heterocycles. The number of phenols is 1. The van der Waals surface area contributed by atoms with Gasteiger partial charge >= 0.3 is 0 Å². The highest BCUT2D eigenvalue weighted by Crippen LogP contribution is 2.37. The summed E-state index contributed by atoms with van der Waals surface area (Å²) in [6.07, 6.45) is 5.10. The molecular formula is C24H22N2O2. The fraction of sp³-hybridized carbons (Fsp3) is 0.208. The van der Waals surface area contributed by atoms with Crippen LogP contribution in [-0.2, 0) is 19.4 Å². The molecule has 0 atom stereocenters. The van der Waals surface area contributed by atoms with Gasteiger partial charge < -0.3 is 14.7 Å². The van der Waals surface area contributed by atoms with Crippen LogP contribution in [0.3, 0.4) is 0 Å². The summed E-state index contributed by atoms with van der Waals surface area (Å²) in [6, 6.07) is 15.7. The van der Waals surface area contributed by atoms with Gasteiger partial charge in [-0.05, 0) is 79.3 Å². The van der Waals surface area contributed by atoms with Crippen molar-refractivity contribution in [3.8, 4) is 16.9 Å². The molecule has 0 bridgehead atoms. The predicted molar refractivity (Wildman–Crippen MR) is 112 cm³/mol. The number of aryl methyl sites for hydroxylation is 2. The molecule has 0 fully saturated rings. The average molecular weight is 370 g/mol. The number of hydrogen-bond donors (Lipinski definition) is 2. The first-order chi connectivity index (χ1) is 13.6. The number of pyridine rings is 1. The minimum absolute atomic E-state index is 0.0604. The summed E-state index contributed by atoms with van der Waals surface area (Å²) in [5.74, 6) is 0.271. The Morgan fingerprint density at radius 2 is 1.82 bits per heavy atom. The van der Waals surface area contributed by atoms with E-state index in [4.69, 9.17) is 0 Å².